The molecule has 3 heterocycles. The molecule has 3 rings (SSSR count). The van der Waals surface area contributed by atoms with Crippen molar-refractivity contribution in [2.45, 2.75) is 50.2 Å². The first-order chi connectivity index (χ1) is 11.1. The molecule has 2 aliphatic rings. The van der Waals surface area contributed by atoms with Crippen molar-refractivity contribution < 1.29 is 18.3 Å². The third-order valence-corrected chi connectivity index (χ3v) is 6.63. The maximum Gasteiger partial charge on any atom is 0.330 e. The van der Waals surface area contributed by atoms with E-state index in [4.69, 9.17) is 41.7 Å². The molecule has 0 bridgehead atoms. The topological polar surface area (TPSA) is 91.8 Å². The van der Waals surface area contributed by atoms with Crippen LogP contribution in [0, 0.1) is 0 Å². The van der Waals surface area contributed by atoms with Crippen molar-refractivity contribution in [1.82, 2.24) is 9.55 Å². The van der Waals surface area contributed by atoms with Crippen molar-refractivity contribution in [3.05, 3.63) is 33.1 Å². The van der Waals surface area contributed by atoms with Gasteiger partial charge < -0.3 is 18.3 Å². The van der Waals surface area contributed by atoms with Gasteiger partial charge in [-0.05, 0) is 32.6 Å². The molecule has 0 aliphatic carbocycles. The summed E-state index contributed by atoms with van der Waals surface area (Å²) in [5, 5.41) is 0. The molecule has 2 saturated heterocycles. The quantitative estimate of drug-likeness (QED) is 0.611. The lowest BCUT2D eigenvalue weighted by molar-refractivity contribution is -0.0651. The molecule has 1 aromatic rings. The summed E-state index contributed by atoms with van der Waals surface area (Å²) in [5.74, 6) is 0. The SMILES string of the molecule is CC(C)O[P@@]1(=S)OC[C@H]2O[C@@H](n3ccc(=O)[nH]c3=O)[C@](C)(Cl)[C@@H]2O1. The Labute approximate surface area is 148 Å². The summed E-state index contributed by atoms with van der Waals surface area (Å²) in [6, 6.07) is 1.23. The van der Waals surface area contributed by atoms with Crippen LogP contribution in [0.2, 0.25) is 0 Å². The predicted molar refractivity (Wildman–Crippen MR) is 90.8 cm³/mol. The van der Waals surface area contributed by atoms with Crippen LogP contribution in [0.15, 0.2) is 21.9 Å². The summed E-state index contributed by atoms with van der Waals surface area (Å²) < 4.78 is 24.1. The Morgan fingerprint density at radius 1 is 1.54 bits per heavy atom. The van der Waals surface area contributed by atoms with E-state index in [0.29, 0.717) is 0 Å². The highest BCUT2D eigenvalue weighted by Gasteiger charge is 2.59. The monoisotopic (exact) mass is 396 g/mol. The molecule has 1 aromatic heterocycles. The zero-order valence-corrected chi connectivity index (χ0v) is 15.8. The lowest BCUT2D eigenvalue weighted by atomic mass is 10.0. The van der Waals surface area contributed by atoms with Crippen molar-refractivity contribution in [3.63, 3.8) is 0 Å². The zero-order valence-electron chi connectivity index (χ0n) is 13.3. The highest BCUT2D eigenvalue weighted by molar-refractivity contribution is 8.07. The minimum atomic E-state index is -2.93. The molecule has 5 atom stereocenters. The number of aromatic amines is 1. The van der Waals surface area contributed by atoms with Gasteiger partial charge in [-0.25, -0.2) is 4.79 Å². The van der Waals surface area contributed by atoms with Gasteiger partial charge in [0.15, 0.2) is 6.23 Å². The van der Waals surface area contributed by atoms with Crippen LogP contribution >= 0.6 is 18.3 Å². The van der Waals surface area contributed by atoms with E-state index in [0.717, 1.165) is 0 Å². The summed E-state index contributed by atoms with van der Waals surface area (Å²) in [4.78, 5) is 24.4. The van der Waals surface area contributed by atoms with Gasteiger partial charge in [0.25, 0.3) is 5.56 Å². The van der Waals surface area contributed by atoms with Crippen molar-refractivity contribution in [3.8, 4) is 0 Å². The molecule has 11 heteroatoms. The molecule has 2 aliphatic heterocycles. The third-order valence-electron chi connectivity index (χ3n) is 3.76. The van der Waals surface area contributed by atoms with Gasteiger partial charge in [-0.3, -0.25) is 14.3 Å². The van der Waals surface area contributed by atoms with Crippen LogP contribution in [0.4, 0.5) is 0 Å². The lowest BCUT2D eigenvalue weighted by Crippen LogP contribution is -2.45. The number of halogens is 1. The van der Waals surface area contributed by atoms with Gasteiger partial charge in [0.1, 0.15) is 17.1 Å². The fourth-order valence-corrected chi connectivity index (χ4v) is 5.80. The van der Waals surface area contributed by atoms with Gasteiger partial charge in [-0.1, -0.05) is 0 Å². The number of nitrogens with zero attached hydrogens (tertiary/aromatic N) is 1. The average Bonchev–Trinajstić information content (AvgIpc) is 2.69. The van der Waals surface area contributed by atoms with Crippen molar-refractivity contribution in [1.29, 1.82) is 0 Å². The van der Waals surface area contributed by atoms with Gasteiger partial charge in [0.05, 0.1) is 12.7 Å². The summed E-state index contributed by atoms with van der Waals surface area (Å²) in [7, 11) is 0. The summed E-state index contributed by atoms with van der Waals surface area (Å²) in [6.07, 6.45) is -0.771. The summed E-state index contributed by atoms with van der Waals surface area (Å²) in [5.41, 5.74) is -1.11. The molecule has 134 valence electrons. The second-order valence-corrected chi connectivity index (χ2v) is 9.85. The van der Waals surface area contributed by atoms with Crippen LogP contribution in [-0.2, 0) is 30.1 Å². The average molecular weight is 397 g/mol. The fourth-order valence-electron chi connectivity index (χ4n) is 2.77. The molecule has 0 radical (unpaired) electrons. The zero-order chi connectivity index (χ0) is 17.7. The van der Waals surface area contributed by atoms with Crippen LogP contribution < -0.4 is 11.2 Å². The molecule has 1 N–H and O–H groups in total. The van der Waals surface area contributed by atoms with Crippen molar-refractivity contribution >= 4 is 30.1 Å². The van der Waals surface area contributed by atoms with E-state index in [-0.39, 0.29) is 12.7 Å². The molecule has 0 aromatic carbocycles. The van der Waals surface area contributed by atoms with Gasteiger partial charge in [-0.2, -0.15) is 0 Å². The third kappa shape index (κ3) is 3.26. The molecular formula is C13H18ClN2O6PS. The Hall–Kier alpha value is -0.540. The number of nitrogens with one attached hydrogen (secondary N) is 1. The number of fused-ring (bicyclic) bond motifs is 1. The summed E-state index contributed by atoms with van der Waals surface area (Å²) >= 11 is 12.0. The number of ether oxygens (including phenoxy) is 1. The van der Waals surface area contributed by atoms with E-state index < -0.39 is 41.3 Å². The normalized spacial score (nSPS) is 39.1. The van der Waals surface area contributed by atoms with E-state index in [1.165, 1.54) is 16.8 Å². The largest absolute Gasteiger partial charge is 0.347 e. The van der Waals surface area contributed by atoms with Crippen molar-refractivity contribution in [2.24, 2.45) is 0 Å². The van der Waals surface area contributed by atoms with E-state index in [2.05, 4.69) is 4.98 Å². The number of alkyl halides is 1. The Bertz CT molecular complexity index is 793. The van der Waals surface area contributed by atoms with E-state index in [1.54, 1.807) is 6.92 Å². The first-order valence-corrected chi connectivity index (χ1v) is 10.3. The fraction of sp³-hybridized carbons (Fsp3) is 0.692. The molecular weight excluding hydrogens is 379 g/mol. The Morgan fingerprint density at radius 3 is 2.88 bits per heavy atom. The molecule has 0 amide bonds. The standard InChI is InChI=1S/C13H18ClN2O6PS/c1-7(2)21-23(24)19-6-8-10(22-23)13(3,14)11(20-8)16-5-4-9(17)15-12(16)18/h4-5,7-8,10-11H,6H2,1-3H3,(H,15,17,18)/t8-,10-,11-,13-,23+/m1/s1. The van der Waals surface area contributed by atoms with Crippen LogP contribution in [0.3, 0.4) is 0 Å². The predicted octanol–water partition coefficient (Wildman–Crippen LogP) is 1.50. The van der Waals surface area contributed by atoms with Crippen LogP contribution in [0.1, 0.15) is 27.0 Å². The molecule has 0 unspecified atom stereocenters. The number of hydrogen-bond donors (Lipinski definition) is 1. The van der Waals surface area contributed by atoms with E-state index in [1.807, 2.05) is 13.8 Å². The smallest absolute Gasteiger partial charge is 0.330 e. The Morgan fingerprint density at radius 2 is 2.25 bits per heavy atom. The van der Waals surface area contributed by atoms with Gasteiger partial charge in [0.2, 0.25) is 0 Å². The van der Waals surface area contributed by atoms with Crippen molar-refractivity contribution in [2.75, 3.05) is 6.61 Å². The molecule has 0 spiro atoms. The first kappa shape index (κ1) is 18.3. The molecule has 8 nitrogen and oxygen atoms in total. The van der Waals surface area contributed by atoms with Crippen LogP contribution in [-0.4, -0.2) is 39.3 Å². The summed E-state index contributed by atoms with van der Waals surface area (Å²) in [6.45, 7) is 2.59. The number of rotatable bonds is 3. The Balaban J connectivity index is 1.91. The number of aromatic nitrogens is 2. The molecule has 2 fully saturated rings. The molecule has 24 heavy (non-hydrogen) atoms. The minimum absolute atomic E-state index is 0.158. The van der Waals surface area contributed by atoms with Gasteiger partial charge in [0, 0.05) is 12.3 Å². The highest BCUT2D eigenvalue weighted by Crippen LogP contribution is 2.60. The molecule has 0 saturated carbocycles. The van der Waals surface area contributed by atoms with E-state index in [9.17, 15) is 9.59 Å². The number of H-pyrrole nitrogens is 1. The van der Waals surface area contributed by atoms with Crippen LogP contribution in [0.25, 0.3) is 0 Å². The second-order valence-electron chi connectivity index (χ2n) is 6.12. The van der Waals surface area contributed by atoms with E-state index >= 15 is 0 Å². The maximum atomic E-state index is 12.1. The van der Waals surface area contributed by atoms with Gasteiger partial charge >= 0.3 is 12.4 Å². The first-order valence-electron chi connectivity index (χ1n) is 7.39. The van der Waals surface area contributed by atoms with Gasteiger partial charge in [-0.15, -0.1) is 11.6 Å². The Kier molecular flexibility index (Phi) is 4.81. The highest BCUT2D eigenvalue weighted by atomic mass is 35.5. The van der Waals surface area contributed by atoms with Crippen LogP contribution in [0.5, 0.6) is 0 Å². The lowest BCUT2D eigenvalue weighted by Gasteiger charge is -2.37. The number of hydrogen-bond acceptors (Lipinski definition) is 7. The minimum Gasteiger partial charge on any atom is -0.347 e. The second kappa shape index (κ2) is 6.32. The maximum absolute atomic E-state index is 12.1.